The molecule has 0 aromatic carbocycles. The van der Waals surface area contributed by atoms with Crippen LogP contribution < -0.4 is 5.73 Å². The van der Waals surface area contributed by atoms with Crippen molar-refractivity contribution in [2.24, 2.45) is 16.3 Å². The Kier molecular flexibility index (Phi) is 12.4. The Balaban J connectivity index is 1.82. The van der Waals surface area contributed by atoms with E-state index in [0.717, 1.165) is 25.7 Å². The summed E-state index contributed by atoms with van der Waals surface area (Å²) in [5.41, 5.74) is 5.04. The number of amidine groups is 1. The van der Waals surface area contributed by atoms with Crippen LogP contribution in [0.4, 0.5) is 0 Å². The molecule has 26 heavy (non-hydrogen) atoms. The molecular weight excluding hydrogens is 324 g/mol. The molecule has 0 aliphatic heterocycles. The second-order valence-electron chi connectivity index (χ2n) is 8.19. The molecule has 0 radical (unpaired) electrons. The zero-order valence-corrected chi connectivity index (χ0v) is 17.1. The van der Waals surface area contributed by atoms with E-state index < -0.39 is 5.41 Å². The highest BCUT2D eigenvalue weighted by Crippen LogP contribution is 2.47. The van der Waals surface area contributed by atoms with Crippen LogP contribution in [-0.2, 0) is 4.79 Å². The Morgan fingerprint density at radius 3 is 1.54 bits per heavy atom. The average Bonchev–Trinajstić information content (AvgIpc) is 3.46. The molecule has 0 atom stereocenters. The van der Waals surface area contributed by atoms with Crippen molar-refractivity contribution in [2.45, 2.75) is 122 Å². The van der Waals surface area contributed by atoms with Gasteiger partial charge in [0.25, 0.3) is 0 Å². The van der Waals surface area contributed by atoms with E-state index >= 15 is 0 Å². The van der Waals surface area contributed by atoms with Crippen LogP contribution in [0.3, 0.4) is 0 Å². The molecule has 1 fully saturated rings. The Morgan fingerprint density at radius 2 is 1.19 bits per heavy atom. The largest absolute Gasteiger partial charge is 0.409 e. The molecule has 1 saturated carbocycles. The third-order valence-electron chi connectivity index (χ3n) is 5.89. The monoisotopic (exact) mass is 366 g/mol. The lowest BCUT2D eigenvalue weighted by atomic mass is 9.94. The highest BCUT2D eigenvalue weighted by molar-refractivity contribution is 6.10. The maximum Gasteiger partial charge on any atom is 0.152 e. The number of hydrogen-bond acceptors (Lipinski definition) is 3. The Hall–Kier alpha value is -1.06. The fraction of sp³-hybridized carbons (Fsp3) is 0.909. The summed E-state index contributed by atoms with van der Waals surface area (Å²) in [5.74, 6) is 0.283. The van der Waals surface area contributed by atoms with E-state index in [1.54, 1.807) is 0 Å². The zero-order chi connectivity index (χ0) is 19.1. The van der Waals surface area contributed by atoms with E-state index in [1.807, 2.05) is 0 Å². The minimum Gasteiger partial charge on any atom is -0.409 e. The molecule has 0 unspecified atom stereocenters. The molecule has 0 spiro atoms. The minimum absolute atomic E-state index is 0.114. The van der Waals surface area contributed by atoms with Crippen LogP contribution in [0.5, 0.6) is 0 Å². The third kappa shape index (κ3) is 9.05. The zero-order valence-electron chi connectivity index (χ0n) is 17.1. The fourth-order valence-electron chi connectivity index (χ4n) is 3.79. The van der Waals surface area contributed by atoms with E-state index in [4.69, 9.17) is 10.9 Å². The maximum absolute atomic E-state index is 12.2. The summed E-state index contributed by atoms with van der Waals surface area (Å²) in [6, 6.07) is 0. The number of hydrogen-bond donors (Lipinski definition) is 2. The maximum atomic E-state index is 12.2. The minimum atomic E-state index is -0.606. The van der Waals surface area contributed by atoms with Gasteiger partial charge in [-0.05, 0) is 19.3 Å². The number of ketones is 1. The SMILES string of the molecule is CCCCCCCCCCCCCCCCCC(=O)C1(/C(N)=N/O)CC1. The van der Waals surface area contributed by atoms with E-state index in [1.165, 1.54) is 83.5 Å². The molecular formula is C22H42N2O2. The number of Topliss-reactive ketones (excluding diaryl/α,β-unsaturated/α-hetero) is 1. The summed E-state index contributed by atoms with van der Waals surface area (Å²) in [7, 11) is 0. The van der Waals surface area contributed by atoms with Gasteiger partial charge in [0.2, 0.25) is 0 Å². The van der Waals surface area contributed by atoms with Crippen molar-refractivity contribution in [3.05, 3.63) is 0 Å². The van der Waals surface area contributed by atoms with E-state index in [2.05, 4.69) is 12.1 Å². The van der Waals surface area contributed by atoms with Gasteiger partial charge in [0.1, 0.15) is 5.78 Å². The summed E-state index contributed by atoms with van der Waals surface area (Å²) < 4.78 is 0. The Morgan fingerprint density at radius 1 is 0.808 bits per heavy atom. The van der Waals surface area contributed by atoms with Gasteiger partial charge in [-0.15, -0.1) is 0 Å². The van der Waals surface area contributed by atoms with Gasteiger partial charge in [0.05, 0.1) is 5.41 Å². The first-order valence-corrected chi connectivity index (χ1v) is 11.2. The molecule has 4 nitrogen and oxygen atoms in total. The number of nitrogens with zero attached hydrogens (tertiary/aromatic N) is 1. The third-order valence-corrected chi connectivity index (χ3v) is 5.89. The number of unbranched alkanes of at least 4 members (excludes halogenated alkanes) is 14. The van der Waals surface area contributed by atoms with Crippen molar-refractivity contribution >= 4 is 11.6 Å². The highest BCUT2D eigenvalue weighted by atomic mass is 16.4. The smallest absolute Gasteiger partial charge is 0.152 e. The topological polar surface area (TPSA) is 75.7 Å². The summed E-state index contributed by atoms with van der Waals surface area (Å²) >= 11 is 0. The van der Waals surface area contributed by atoms with E-state index in [9.17, 15) is 4.79 Å². The summed E-state index contributed by atoms with van der Waals surface area (Å²) in [5, 5.41) is 11.8. The van der Waals surface area contributed by atoms with Crippen LogP contribution >= 0.6 is 0 Å². The summed E-state index contributed by atoms with van der Waals surface area (Å²) in [4.78, 5) is 12.2. The van der Waals surface area contributed by atoms with Crippen LogP contribution in [0.15, 0.2) is 5.16 Å². The Labute approximate surface area is 161 Å². The van der Waals surface area contributed by atoms with Crippen LogP contribution in [0.25, 0.3) is 0 Å². The van der Waals surface area contributed by atoms with Gasteiger partial charge in [0, 0.05) is 6.42 Å². The molecule has 4 heteroatoms. The highest BCUT2D eigenvalue weighted by Gasteiger charge is 2.52. The fourth-order valence-corrected chi connectivity index (χ4v) is 3.79. The van der Waals surface area contributed by atoms with Gasteiger partial charge < -0.3 is 10.9 Å². The van der Waals surface area contributed by atoms with E-state index in [0.29, 0.717) is 6.42 Å². The van der Waals surface area contributed by atoms with Crippen molar-refractivity contribution in [3.8, 4) is 0 Å². The van der Waals surface area contributed by atoms with Gasteiger partial charge in [-0.2, -0.15) is 0 Å². The van der Waals surface area contributed by atoms with Crippen molar-refractivity contribution in [3.63, 3.8) is 0 Å². The molecule has 1 aliphatic carbocycles. The Bertz CT molecular complexity index is 403. The molecule has 1 aliphatic rings. The molecule has 0 amide bonds. The number of nitrogens with two attached hydrogens (primary N) is 1. The number of oxime groups is 1. The first-order valence-electron chi connectivity index (χ1n) is 11.2. The summed E-state index contributed by atoms with van der Waals surface area (Å²) in [6.45, 7) is 2.27. The molecule has 0 bridgehead atoms. The van der Waals surface area contributed by atoms with Crippen molar-refractivity contribution in [1.29, 1.82) is 0 Å². The van der Waals surface area contributed by atoms with Gasteiger partial charge in [0.15, 0.2) is 5.84 Å². The molecule has 3 N–H and O–H groups in total. The lowest BCUT2D eigenvalue weighted by molar-refractivity contribution is -0.122. The molecule has 152 valence electrons. The van der Waals surface area contributed by atoms with Crippen molar-refractivity contribution in [2.75, 3.05) is 0 Å². The van der Waals surface area contributed by atoms with E-state index in [-0.39, 0.29) is 11.6 Å². The first kappa shape index (κ1) is 23.0. The average molecular weight is 367 g/mol. The van der Waals surface area contributed by atoms with Gasteiger partial charge in [-0.3, -0.25) is 4.79 Å². The molecule has 0 saturated heterocycles. The summed E-state index contributed by atoms with van der Waals surface area (Å²) in [6.07, 6.45) is 22.0. The first-order chi connectivity index (χ1) is 12.7. The van der Waals surface area contributed by atoms with Gasteiger partial charge in [-0.1, -0.05) is 102 Å². The lowest BCUT2D eigenvalue weighted by Crippen LogP contribution is -2.32. The molecule has 0 heterocycles. The molecule has 0 aromatic heterocycles. The van der Waals surface area contributed by atoms with Gasteiger partial charge >= 0.3 is 0 Å². The van der Waals surface area contributed by atoms with Crippen molar-refractivity contribution < 1.29 is 10.0 Å². The normalized spacial score (nSPS) is 16.0. The van der Waals surface area contributed by atoms with Crippen molar-refractivity contribution in [1.82, 2.24) is 0 Å². The number of rotatable bonds is 18. The number of carbonyl (C=O) groups is 1. The second-order valence-corrected chi connectivity index (χ2v) is 8.19. The number of carbonyl (C=O) groups excluding carboxylic acids is 1. The van der Waals surface area contributed by atoms with Gasteiger partial charge in [-0.25, -0.2) is 0 Å². The van der Waals surface area contributed by atoms with Crippen LogP contribution in [-0.4, -0.2) is 16.8 Å². The predicted molar refractivity (Wildman–Crippen MR) is 110 cm³/mol. The molecule has 0 aromatic rings. The predicted octanol–water partition coefficient (Wildman–Crippen LogP) is 6.34. The molecule has 1 rings (SSSR count). The van der Waals surface area contributed by atoms with Crippen LogP contribution in [0.2, 0.25) is 0 Å². The lowest BCUT2D eigenvalue weighted by Gasteiger charge is -2.11. The quantitative estimate of drug-likeness (QED) is 0.0976. The standard InChI is InChI=1S/C22H42N2O2/c1-2-3-4-5-6-7-8-9-10-11-12-13-14-15-16-17-20(25)22(18-19-22)21(23)24-26/h26H,2-19H2,1H3,(H2,23,24). The van der Waals surface area contributed by atoms with Crippen LogP contribution in [0.1, 0.15) is 122 Å². The van der Waals surface area contributed by atoms with Crippen LogP contribution in [0, 0.1) is 5.41 Å². The second kappa shape index (κ2) is 14.1.